The molecule has 0 aliphatic heterocycles. The number of aryl methyl sites for hydroxylation is 1. The Hall–Kier alpha value is -3.86. The number of aromatic nitrogens is 2. The maximum atomic E-state index is 13.7. The molecule has 0 atom stereocenters. The molecule has 182 valence electrons. The summed E-state index contributed by atoms with van der Waals surface area (Å²) in [6.45, 7) is 1.82. The van der Waals surface area contributed by atoms with Crippen LogP contribution in [0.4, 0.5) is 24.8 Å². The highest BCUT2D eigenvalue weighted by molar-refractivity contribution is 6.34. The zero-order valence-corrected chi connectivity index (χ0v) is 19.2. The van der Waals surface area contributed by atoms with Gasteiger partial charge >= 0.3 is 6.18 Å². The van der Waals surface area contributed by atoms with Crippen LogP contribution in [0.15, 0.2) is 30.5 Å². The van der Waals surface area contributed by atoms with Gasteiger partial charge in [-0.2, -0.15) is 18.2 Å². The van der Waals surface area contributed by atoms with Crippen LogP contribution in [0.5, 0.6) is 17.4 Å². The van der Waals surface area contributed by atoms with Crippen LogP contribution in [0.25, 0.3) is 0 Å². The number of benzene rings is 2. The topological polar surface area (TPSA) is 116 Å². The zero-order valence-electron chi connectivity index (χ0n) is 18.4. The van der Waals surface area contributed by atoms with Crippen LogP contribution in [0.1, 0.15) is 43.8 Å². The van der Waals surface area contributed by atoms with Crippen LogP contribution in [-0.2, 0) is 12.6 Å². The fourth-order valence-corrected chi connectivity index (χ4v) is 4.00. The summed E-state index contributed by atoms with van der Waals surface area (Å²) in [6, 6.07) is 5.69. The molecule has 1 aromatic heterocycles. The molecule has 0 spiro atoms. The van der Waals surface area contributed by atoms with E-state index in [4.69, 9.17) is 26.8 Å². The fraction of sp³-hybridized carbons (Fsp3) is 0.217. The van der Waals surface area contributed by atoms with Crippen molar-refractivity contribution in [2.45, 2.75) is 25.9 Å². The molecule has 1 amide bonds. The van der Waals surface area contributed by atoms with Gasteiger partial charge in [-0.15, -0.1) is 0 Å². The number of anilines is 2. The third-order valence-electron chi connectivity index (χ3n) is 5.46. The summed E-state index contributed by atoms with van der Waals surface area (Å²) in [5.74, 6) is -1.97. The zero-order chi connectivity index (χ0) is 25.5. The van der Waals surface area contributed by atoms with E-state index in [1.165, 1.54) is 25.3 Å². The standard InChI is InChI=1S/C23H18ClF3N4O4/c1-10-3-6-17(19-11(10)4-5-16(19)32)35-21-13(23(25,26)27)9-29-22(31-21)30-15-8-14(24)12(20(28)33)7-18(15)34-2/h3,6-9H,4-5H2,1-2H3,(H2,28,33)(H,29,30,31). The number of carbonyl (C=O) groups is 2. The van der Waals surface area contributed by atoms with Gasteiger partial charge in [0.05, 0.1) is 28.9 Å². The summed E-state index contributed by atoms with van der Waals surface area (Å²) >= 11 is 6.08. The summed E-state index contributed by atoms with van der Waals surface area (Å²) < 4.78 is 51.8. The highest BCUT2D eigenvalue weighted by Crippen LogP contribution is 2.41. The van der Waals surface area contributed by atoms with E-state index in [9.17, 15) is 22.8 Å². The Morgan fingerprint density at radius 3 is 2.60 bits per heavy atom. The Kier molecular flexibility index (Phi) is 6.28. The van der Waals surface area contributed by atoms with E-state index in [-0.39, 0.29) is 51.5 Å². The van der Waals surface area contributed by atoms with Crippen molar-refractivity contribution in [3.05, 3.63) is 63.3 Å². The maximum absolute atomic E-state index is 13.7. The Morgan fingerprint density at radius 2 is 1.94 bits per heavy atom. The SMILES string of the molecule is COc1cc(C(N)=O)c(Cl)cc1Nc1ncc(C(F)(F)F)c(Oc2ccc(C)c3c2C(=O)CC3)n1. The molecule has 0 saturated heterocycles. The molecule has 0 bridgehead atoms. The highest BCUT2D eigenvalue weighted by Gasteiger charge is 2.37. The summed E-state index contributed by atoms with van der Waals surface area (Å²) in [4.78, 5) is 31.5. The van der Waals surface area contributed by atoms with Crippen molar-refractivity contribution in [1.29, 1.82) is 0 Å². The van der Waals surface area contributed by atoms with Crippen molar-refractivity contribution in [3.8, 4) is 17.4 Å². The Morgan fingerprint density at radius 1 is 1.20 bits per heavy atom. The third kappa shape index (κ3) is 4.72. The Labute approximate surface area is 202 Å². The number of nitrogens with zero attached hydrogens (tertiary/aromatic N) is 2. The summed E-state index contributed by atoms with van der Waals surface area (Å²) in [5, 5.41) is 2.69. The lowest BCUT2D eigenvalue weighted by molar-refractivity contribution is -0.139. The number of methoxy groups -OCH3 is 1. The summed E-state index contributed by atoms with van der Waals surface area (Å²) in [7, 11) is 1.32. The molecule has 4 rings (SSSR count). The van der Waals surface area contributed by atoms with Gasteiger partial charge in [-0.3, -0.25) is 9.59 Å². The van der Waals surface area contributed by atoms with E-state index >= 15 is 0 Å². The third-order valence-corrected chi connectivity index (χ3v) is 5.77. The lowest BCUT2D eigenvalue weighted by Gasteiger charge is -2.17. The minimum Gasteiger partial charge on any atom is -0.495 e. The first-order valence-corrected chi connectivity index (χ1v) is 10.6. The number of fused-ring (bicyclic) bond motifs is 1. The average molecular weight is 507 g/mol. The van der Waals surface area contributed by atoms with E-state index in [0.717, 1.165) is 11.1 Å². The van der Waals surface area contributed by atoms with Crippen LogP contribution in [0.3, 0.4) is 0 Å². The smallest absolute Gasteiger partial charge is 0.423 e. The first-order chi connectivity index (χ1) is 16.5. The van der Waals surface area contributed by atoms with Gasteiger partial charge in [0.1, 0.15) is 17.1 Å². The monoisotopic (exact) mass is 506 g/mol. The number of ether oxygens (including phenoxy) is 2. The number of carbonyl (C=O) groups excluding carboxylic acids is 2. The van der Waals surface area contributed by atoms with Crippen molar-refractivity contribution >= 4 is 34.9 Å². The molecule has 1 aliphatic carbocycles. The van der Waals surface area contributed by atoms with Crippen molar-refractivity contribution in [2.24, 2.45) is 5.73 Å². The molecule has 3 N–H and O–H groups in total. The summed E-state index contributed by atoms with van der Waals surface area (Å²) in [5.41, 5.74) is 6.05. The number of hydrogen-bond acceptors (Lipinski definition) is 7. The normalized spacial score (nSPS) is 12.9. The van der Waals surface area contributed by atoms with Crippen molar-refractivity contribution in [2.75, 3.05) is 12.4 Å². The van der Waals surface area contributed by atoms with E-state index in [1.807, 2.05) is 6.92 Å². The molecule has 0 radical (unpaired) electrons. The molecule has 0 fully saturated rings. The number of Topliss-reactive ketones (excluding diaryl/α,β-unsaturated/α-hetero) is 1. The number of amides is 1. The lowest BCUT2D eigenvalue weighted by Crippen LogP contribution is -2.13. The van der Waals surface area contributed by atoms with Crippen LogP contribution >= 0.6 is 11.6 Å². The first-order valence-electron chi connectivity index (χ1n) is 10.2. The van der Waals surface area contributed by atoms with Gasteiger partial charge in [0, 0.05) is 12.6 Å². The molecule has 0 unspecified atom stereocenters. The highest BCUT2D eigenvalue weighted by atomic mass is 35.5. The van der Waals surface area contributed by atoms with Gasteiger partial charge in [-0.25, -0.2) is 4.98 Å². The van der Waals surface area contributed by atoms with Gasteiger partial charge in [-0.05, 0) is 42.7 Å². The number of halogens is 4. The number of nitrogens with two attached hydrogens (primary N) is 1. The lowest BCUT2D eigenvalue weighted by atomic mass is 10.0. The van der Waals surface area contributed by atoms with Crippen molar-refractivity contribution in [3.63, 3.8) is 0 Å². The molecule has 1 heterocycles. The molecule has 12 heteroatoms. The largest absolute Gasteiger partial charge is 0.495 e. The molecular weight excluding hydrogens is 489 g/mol. The summed E-state index contributed by atoms with van der Waals surface area (Å²) in [6.07, 6.45) is -3.52. The van der Waals surface area contributed by atoms with E-state index in [0.29, 0.717) is 12.6 Å². The minimum absolute atomic E-state index is 0.00989. The Bertz CT molecular complexity index is 1360. The quantitative estimate of drug-likeness (QED) is 0.470. The second-order valence-electron chi connectivity index (χ2n) is 7.69. The van der Waals surface area contributed by atoms with Crippen molar-refractivity contribution < 1.29 is 32.2 Å². The average Bonchev–Trinajstić information content (AvgIpc) is 3.17. The molecule has 35 heavy (non-hydrogen) atoms. The second-order valence-corrected chi connectivity index (χ2v) is 8.10. The second kappa shape index (κ2) is 9.06. The molecule has 1 aliphatic rings. The van der Waals surface area contributed by atoms with Gasteiger partial charge in [0.2, 0.25) is 17.7 Å². The number of ketones is 1. The van der Waals surface area contributed by atoms with E-state index < -0.39 is 23.5 Å². The molecular formula is C23H18ClF3N4O4. The van der Waals surface area contributed by atoms with Crippen LogP contribution < -0.4 is 20.5 Å². The van der Waals surface area contributed by atoms with Crippen molar-refractivity contribution in [1.82, 2.24) is 9.97 Å². The number of hydrogen-bond donors (Lipinski definition) is 2. The van der Waals surface area contributed by atoms with Crippen LogP contribution in [-0.4, -0.2) is 28.8 Å². The van der Waals surface area contributed by atoms with Gasteiger partial charge < -0.3 is 20.5 Å². The maximum Gasteiger partial charge on any atom is 0.423 e. The van der Waals surface area contributed by atoms with E-state index in [1.54, 1.807) is 6.07 Å². The van der Waals surface area contributed by atoms with E-state index in [2.05, 4.69) is 15.3 Å². The first kappa shape index (κ1) is 24.3. The van der Waals surface area contributed by atoms with Crippen LogP contribution in [0.2, 0.25) is 5.02 Å². The Balaban J connectivity index is 1.76. The molecule has 8 nitrogen and oxygen atoms in total. The van der Waals surface area contributed by atoms with Gasteiger partial charge in [-0.1, -0.05) is 17.7 Å². The number of alkyl halides is 3. The minimum atomic E-state index is -4.82. The number of rotatable bonds is 6. The molecule has 3 aromatic rings. The van der Waals surface area contributed by atoms with Crippen LogP contribution in [0, 0.1) is 6.92 Å². The molecule has 0 saturated carbocycles. The van der Waals surface area contributed by atoms with Gasteiger partial charge in [0.15, 0.2) is 5.78 Å². The van der Waals surface area contributed by atoms with Gasteiger partial charge in [0.25, 0.3) is 0 Å². The molecule has 2 aromatic carbocycles. The number of nitrogens with one attached hydrogen (secondary N) is 1. The predicted molar refractivity (Wildman–Crippen MR) is 121 cm³/mol. The predicted octanol–water partition coefficient (Wildman–Crippen LogP) is 5.23. The fourth-order valence-electron chi connectivity index (χ4n) is 3.74. The number of primary amides is 1.